The van der Waals surface area contributed by atoms with Gasteiger partial charge in [-0.05, 0) is 37.3 Å². The van der Waals surface area contributed by atoms with Crippen molar-refractivity contribution in [3.63, 3.8) is 0 Å². The molecule has 0 bridgehead atoms. The van der Waals surface area contributed by atoms with Gasteiger partial charge in [0, 0.05) is 17.8 Å². The molecule has 0 radical (unpaired) electrons. The summed E-state index contributed by atoms with van der Waals surface area (Å²) in [6.45, 7) is 2.36. The molecule has 0 atom stereocenters. The van der Waals surface area contributed by atoms with E-state index in [0.29, 0.717) is 18.0 Å². The topological polar surface area (TPSA) is 111 Å². The molecule has 2 aromatic rings. The zero-order valence-corrected chi connectivity index (χ0v) is 13.9. The summed E-state index contributed by atoms with van der Waals surface area (Å²) in [7, 11) is 0. The Bertz CT molecular complexity index is 808. The molecular weight excluding hydrogens is 350 g/mol. The maximum atomic E-state index is 11.9. The molecule has 0 spiro atoms. The number of rotatable bonds is 5. The van der Waals surface area contributed by atoms with Crippen molar-refractivity contribution in [3.05, 3.63) is 57.6 Å². The van der Waals surface area contributed by atoms with E-state index < -0.39 is 16.7 Å². The minimum absolute atomic E-state index is 0.0253. The number of hydrogen-bond donors (Lipinski definition) is 2. The first-order valence-electron chi connectivity index (χ1n) is 7.20. The summed E-state index contributed by atoms with van der Waals surface area (Å²) in [6.07, 6.45) is 0. The lowest BCUT2D eigenvalue weighted by atomic mass is 10.2. The molecule has 0 heterocycles. The Morgan fingerprint density at radius 2 is 1.76 bits per heavy atom. The van der Waals surface area contributed by atoms with Gasteiger partial charge in [-0.2, -0.15) is 0 Å². The number of non-ortho nitro benzene ring substituents is 1. The monoisotopic (exact) mass is 363 g/mol. The van der Waals surface area contributed by atoms with Gasteiger partial charge >= 0.3 is 11.8 Å². The molecule has 2 amide bonds. The first kappa shape index (κ1) is 18.2. The average Bonchev–Trinajstić information content (AvgIpc) is 2.58. The predicted molar refractivity (Wildman–Crippen MR) is 93.0 cm³/mol. The third kappa shape index (κ3) is 4.92. The molecule has 0 aliphatic carbocycles. The zero-order chi connectivity index (χ0) is 18.4. The number of anilines is 2. The van der Waals surface area contributed by atoms with Crippen LogP contribution >= 0.6 is 11.6 Å². The van der Waals surface area contributed by atoms with Gasteiger partial charge < -0.3 is 15.4 Å². The Kier molecular flexibility index (Phi) is 5.91. The molecule has 130 valence electrons. The number of carbonyl (C=O) groups is 2. The smallest absolute Gasteiger partial charge is 0.314 e. The van der Waals surface area contributed by atoms with E-state index in [-0.39, 0.29) is 16.4 Å². The van der Waals surface area contributed by atoms with Crippen molar-refractivity contribution >= 4 is 40.5 Å². The van der Waals surface area contributed by atoms with Gasteiger partial charge in [-0.3, -0.25) is 19.7 Å². The van der Waals surface area contributed by atoms with E-state index in [0.717, 1.165) is 6.07 Å². The highest BCUT2D eigenvalue weighted by atomic mass is 35.5. The van der Waals surface area contributed by atoms with Gasteiger partial charge in [-0.15, -0.1) is 0 Å². The van der Waals surface area contributed by atoms with E-state index in [1.54, 1.807) is 24.3 Å². The van der Waals surface area contributed by atoms with Gasteiger partial charge in [-0.1, -0.05) is 11.6 Å². The summed E-state index contributed by atoms with van der Waals surface area (Å²) < 4.78 is 5.27. The van der Waals surface area contributed by atoms with Crippen LogP contribution in [0, 0.1) is 10.1 Å². The van der Waals surface area contributed by atoms with Crippen molar-refractivity contribution < 1.29 is 19.2 Å². The molecule has 0 aliphatic rings. The van der Waals surface area contributed by atoms with Crippen molar-refractivity contribution in [1.82, 2.24) is 0 Å². The maximum Gasteiger partial charge on any atom is 0.314 e. The third-order valence-electron chi connectivity index (χ3n) is 3.04. The highest BCUT2D eigenvalue weighted by Crippen LogP contribution is 2.26. The maximum absolute atomic E-state index is 11.9. The molecule has 0 saturated carbocycles. The van der Waals surface area contributed by atoms with E-state index in [9.17, 15) is 19.7 Å². The third-order valence-corrected chi connectivity index (χ3v) is 3.37. The van der Waals surface area contributed by atoms with Crippen molar-refractivity contribution in [2.75, 3.05) is 17.2 Å². The van der Waals surface area contributed by atoms with E-state index in [2.05, 4.69) is 10.6 Å². The molecular formula is C16H14ClN3O5. The Hall–Kier alpha value is -3.13. The zero-order valence-electron chi connectivity index (χ0n) is 13.1. The fourth-order valence-electron chi connectivity index (χ4n) is 1.89. The SMILES string of the molecule is CCOc1ccc(NC(=O)C(=O)Nc2cc([N+](=O)[O-])ccc2Cl)cc1. The Labute approximate surface area is 147 Å². The number of nitro benzene ring substituents is 1. The summed E-state index contributed by atoms with van der Waals surface area (Å²) >= 11 is 5.87. The lowest BCUT2D eigenvalue weighted by molar-refractivity contribution is -0.384. The van der Waals surface area contributed by atoms with E-state index in [1.807, 2.05) is 6.92 Å². The number of hydrogen-bond acceptors (Lipinski definition) is 5. The van der Waals surface area contributed by atoms with E-state index in [1.165, 1.54) is 12.1 Å². The largest absolute Gasteiger partial charge is 0.494 e. The summed E-state index contributed by atoms with van der Waals surface area (Å²) in [5.74, 6) is -1.31. The second kappa shape index (κ2) is 8.11. The molecule has 2 rings (SSSR count). The van der Waals surface area contributed by atoms with Crippen molar-refractivity contribution in [2.24, 2.45) is 0 Å². The van der Waals surface area contributed by atoms with E-state index in [4.69, 9.17) is 16.3 Å². The second-order valence-electron chi connectivity index (χ2n) is 4.79. The molecule has 0 unspecified atom stereocenters. The first-order valence-corrected chi connectivity index (χ1v) is 7.57. The van der Waals surface area contributed by atoms with Crippen molar-refractivity contribution in [2.45, 2.75) is 6.92 Å². The van der Waals surface area contributed by atoms with Gasteiger partial charge in [0.2, 0.25) is 0 Å². The van der Waals surface area contributed by atoms with Crippen LogP contribution in [0.2, 0.25) is 5.02 Å². The summed E-state index contributed by atoms with van der Waals surface area (Å²) in [5, 5.41) is 15.5. The molecule has 0 saturated heterocycles. The van der Waals surface area contributed by atoms with Crippen LogP contribution in [0.1, 0.15) is 6.92 Å². The van der Waals surface area contributed by atoms with Crippen LogP contribution < -0.4 is 15.4 Å². The summed E-state index contributed by atoms with van der Waals surface area (Å²) in [4.78, 5) is 34.0. The number of benzene rings is 2. The lowest BCUT2D eigenvalue weighted by Crippen LogP contribution is -2.29. The number of nitrogens with zero attached hydrogens (tertiary/aromatic N) is 1. The lowest BCUT2D eigenvalue weighted by Gasteiger charge is -2.08. The molecule has 2 aromatic carbocycles. The van der Waals surface area contributed by atoms with Crippen LogP contribution in [0.15, 0.2) is 42.5 Å². The van der Waals surface area contributed by atoms with Crippen LogP contribution in [-0.4, -0.2) is 23.3 Å². The second-order valence-corrected chi connectivity index (χ2v) is 5.19. The Morgan fingerprint density at radius 1 is 1.12 bits per heavy atom. The molecule has 8 nitrogen and oxygen atoms in total. The fourth-order valence-corrected chi connectivity index (χ4v) is 2.06. The van der Waals surface area contributed by atoms with Gasteiger partial charge in [0.15, 0.2) is 0 Å². The quantitative estimate of drug-likeness (QED) is 0.481. The summed E-state index contributed by atoms with van der Waals surface area (Å²) in [6, 6.07) is 9.98. The average molecular weight is 364 g/mol. The molecule has 9 heteroatoms. The van der Waals surface area contributed by atoms with Gasteiger partial charge in [0.05, 0.1) is 22.2 Å². The van der Waals surface area contributed by atoms with Crippen molar-refractivity contribution in [3.8, 4) is 5.75 Å². The highest BCUT2D eigenvalue weighted by molar-refractivity contribution is 6.44. The molecule has 25 heavy (non-hydrogen) atoms. The Balaban J connectivity index is 2.04. The first-order chi connectivity index (χ1) is 11.9. The molecule has 0 aromatic heterocycles. The van der Waals surface area contributed by atoms with Gasteiger partial charge in [-0.25, -0.2) is 0 Å². The number of carbonyl (C=O) groups excluding carboxylic acids is 2. The normalized spacial score (nSPS) is 10.0. The highest BCUT2D eigenvalue weighted by Gasteiger charge is 2.17. The van der Waals surface area contributed by atoms with Crippen LogP contribution in [0.4, 0.5) is 17.1 Å². The van der Waals surface area contributed by atoms with Crippen LogP contribution in [0.25, 0.3) is 0 Å². The molecule has 2 N–H and O–H groups in total. The number of nitro groups is 1. The fraction of sp³-hybridized carbons (Fsp3) is 0.125. The van der Waals surface area contributed by atoms with Crippen LogP contribution in [0.5, 0.6) is 5.75 Å². The van der Waals surface area contributed by atoms with Gasteiger partial charge in [0.1, 0.15) is 5.75 Å². The summed E-state index contributed by atoms with van der Waals surface area (Å²) in [5.41, 5.74) is 0.114. The minimum Gasteiger partial charge on any atom is -0.494 e. The van der Waals surface area contributed by atoms with Crippen LogP contribution in [-0.2, 0) is 9.59 Å². The predicted octanol–water partition coefficient (Wildman–Crippen LogP) is 3.22. The number of nitrogens with one attached hydrogen (secondary N) is 2. The molecule has 0 aliphatic heterocycles. The van der Waals surface area contributed by atoms with Crippen LogP contribution in [0.3, 0.4) is 0 Å². The van der Waals surface area contributed by atoms with Crippen molar-refractivity contribution in [1.29, 1.82) is 0 Å². The Morgan fingerprint density at radius 3 is 2.36 bits per heavy atom. The molecule has 0 fully saturated rings. The number of amides is 2. The standard InChI is InChI=1S/C16H14ClN3O5/c1-2-25-12-6-3-10(4-7-12)18-15(21)16(22)19-14-9-11(20(23)24)5-8-13(14)17/h3-9H,2H2,1H3,(H,18,21)(H,19,22). The van der Waals surface area contributed by atoms with E-state index >= 15 is 0 Å². The minimum atomic E-state index is -1.00. The number of halogens is 1. The number of ether oxygens (including phenoxy) is 1. The van der Waals surface area contributed by atoms with Gasteiger partial charge in [0.25, 0.3) is 5.69 Å².